The van der Waals surface area contributed by atoms with Crippen LogP contribution in [0.4, 0.5) is 0 Å². The summed E-state index contributed by atoms with van der Waals surface area (Å²) in [5.74, 6) is 0.484. The smallest absolute Gasteiger partial charge is 0.237 e. The van der Waals surface area contributed by atoms with E-state index in [0.717, 1.165) is 65.1 Å². The van der Waals surface area contributed by atoms with E-state index in [2.05, 4.69) is 43.7 Å². The van der Waals surface area contributed by atoms with Crippen LogP contribution in [0.1, 0.15) is 34.2 Å². The van der Waals surface area contributed by atoms with Crippen LogP contribution < -0.4 is 0 Å². The van der Waals surface area contributed by atoms with E-state index in [1.165, 1.54) is 15.3 Å². The molecular formula is C23H30N4O2S2. The van der Waals surface area contributed by atoms with Crippen molar-refractivity contribution in [3.63, 3.8) is 0 Å². The van der Waals surface area contributed by atoms with Gasteiger partial charge in [0.05, 0.1) is 19.1 Å². The second-order valence-corrected chi connectivity index (χ2v) is 10.7. The number of rotatable bonds is 5. The number of thiophene rings is 2. The van der Waals surface area contributed by atoms with Crippen molar-refractivity contribution in [1.29, 1.82) is 0 Å². The molecule has 0 saturated carbocycles. The van der Waals surface area contributed by atoms with Gasteiger partial charge in [-0.15, -0.1) is 22.7 Å². The number of hydrogen-bond donors (Lipinski definition) is 0. The van der Waals surface area contributed by atoms with E-state index in [-0.39, 0.29) is 17.9 Å². The molecule has 6 nitrogen and oxygen atoms in total. The number of carbonyl (C=O) groups is 2. The van der Waals surface area contributed by atoms with Gasteiger partial charge in [-0.2, -0.15) is 0 Å². The van der Waals surface area contributed by atoms with Gasteiger partial charge in [-0.25, -0.2) is 0 Å². The van der Waals surface area contributed by atoms with Crippen LogP contribution in [0.2, 0.25) is 0 Å². The molecule has 31 heavy (non-hydrogen) atoms. The minimum absolute atomic E-state index is 0.0573. The van der Waals surface area contributed by atoms with Gasteiger partial charge in [0.2, 0.25) is 11.8 Å². The van der Waals surface area contributed by atoms with Crippen molar-refractivity contribution in [1.82, 2.24) is 19.6 Å². The zero-order valence-electron chi connectivity index (χ0n) is 17.9. The van der Waals surface area contributed by atoms with Gasteiger partial charge >= 0.3 is 0 Å². The molecule has 0 spiro atoms. The molecule has 2 saturated heterocycles. The number of hydrogen-bond acceptors (Lipinski definition) is 6. The first-order valence-corrected chi connectivity index (χ1v) is 13.1. The Kier molecular flexibility index (Phi) is 6.41. The summed E-state index contributed by atoms with van der Waals surface area (Å²) in [6.07, 6.45) is 3.22. The van der Waals surface area contributed by atoms with Crippen LogP contribution in [0.5, 0.6) is 0 Å². The van der Waals surface area contributed by atoms with E-state index in [4.69, 9.17) is 0 Å². The zero-order chi connectivity index (χ0) is 21.2. The van der Waals surface area contributed by atoms with Crippen molar-refractivity contribution in [2.24, 2.45) is 0 Å². The van der Waals surface area contributed by atoms with E-state index < -0.39 is 0 Å². The first kappa shape index (κ1) is 21.1. The van der Waals surface area contributed by atoms with Gasteiger partial charge in [-0.1, -0.05) is 6.07 Å². The fraction of sp³-hybridized carbons (Fsp3) is 0.565. The lowest BCUT2D eigenvalue weighted by atomic mass is 9.98. The topological polar surface area (TPSA) is 47.1 Å². The maximum absolute atomic E-state index is 13.4. The largest absolute Gasteiger partial charge is 0.342 e. The number of nitrogens with zero attached hydrogens (tertiary/aromatic N) is 4. The van der Waals surface area contributed by atoms with E-state index in [9.17, 15) is 9.59 Å². The van der Waals surface area contributed by atoms with Crippen molar-refractivity contribution in [2.75, 3.05) is 58.9 Å². The van der Waals surface area contributed by atoms with Crippen molar-refractivity contribution < 1.29 is 9.59 Å². The molecule has 5 heterocycles. The molecule has 5 rings (SSSR count). The Bertz CT molecular complexity index is 899. The lowest BCUT2D eigenvalue weighted by Gasteiger charge is -2.39. The molecule has 1 atom stereocenters. The van der Waals surface area contributed by atoms with Crippen molar-refractivity contribution in [3.05, 3.63) is 44.3 Å². The molecule has 0 radical (unpaired) electrons. The summed E-state index contributed by atoms with van der Waals surface area (Å²) in [6, 6.07) is 6.48. The highest BCUT2D eigenvalue weighted by atomic mass is 32.1. The molecule has 3 aliphatic heterocycles. The number of piperazine rings is 1. The Morgan fingerprint density at radius 2 is 1.55 bits per heavy atom. The lowest BCUT2D eigenvalue weighted by molar-refractivity contribution is -0.136. The minimum atomic E-state index is 0.0573. The Morgan fingerprint density at radius 1 is 0.839 bits per heavy atom. The van der Waals surface area contributed by atoms with Crippen LogP contribution >= 0.6 is 22.7 Å². The van der Waals surface area contributed by atoms with Gasteiger partial charge < -0.3 is 9.80 Å². The fourth-order valence-corrected chi connectivity index (χ4v) is 6.74. The van der Waals surface area contributed by atoms with Gasteiger partial charge in [0, 0.05) is 55.6 Å². The highest BCUT2D eigenvalue weighted by Crippen LogP contribution is 2.39. The standard InChI is InChI=1S/C23H30N4O2S2/c28-21(26-7-1-2-8-26)16-24-10-12-25(13-11-24)17-22(29)27-9-5-19-18(6-15-31-19)23(27)20-4-3-14-30-20/h3-4,6,14-15,23H,1-2,5,7-13,16-17H2. The van der Waals surface area contributed by atoms with Gasteiger partial charge in [0.1, 0.15) is 0 Å². The van der Waals surface area contributed by atoms with E-state index in [1.807, 2.05) is 16.2 Å². The highest BCUT2D eigenvalue weighted by molar-refractivity contribution is 7.10. The van der Waals surface area contributed by atoms with Crippen LogP contribution in [0, 0.1) is 0 Å². The summed E-state index contributed by atoms with van der Waals surface area (Å²) in [5, 5.41) is 4.25. The van der Waals surface area contributed by atoms with E-state index in [0.29, 0.717) is 13.1 Å². The van der Waals surface area contributed by atoms with Crippen LogP contribution in [0.15, 0.2) is 29.0 Å². The third-order valence-electron chi connectivity index (χ3n) is 6.74. The van der Waals surface area contributed by atoms with Gasteiger partial charge in [0.25, 0.3) is 0 Å². The molecule has 1 unspecified atom stereocenters. The molecule has 0 aromatic carbocycles. The maximum Gasteiger partial charge on any atom is 0.237 e. The number of fused-ring (bicyclic) bond motifs is 1. The lowest BCUT2D eigenvalue weighted by Crippen LogP contribution is -2.52. The number of likely N-dealkylation sites (tertiary alicyclic amines) is 1. The molecule has 166 valence electrons. The van der Waals surface area contributed by atoms with Gasteiger partial charge in [0.15, 0.2) is 0 Å². The Morgan fingerprint density at radius 3 is 2.23 bits per heavy atom. The summed E-state index contributed by atoms with van der Waals surface area (Å²) in [7, 11) is 0. The molecule has 0 bridgehead atoms. The van der Waals surface area contributed by atoms with Crippen LogP contribution in [-0.4, -0.2) is 90.3 Å². The molecule has 2 fully saturated rings. The Balaban J connectivity index is 1.17. The van der Waals surface area contributed by atoms with Crippen molar-refractivity contribution >= 4 is 34.5 Å². The predicted molar refractivity (Wildman–Crippen MR) is 125 cm³/mol. The van der Waals surface area contributed by atoms with Crippen molar-refractivity contribution in [2.45, 2.75) is 25.3 Å². The zero-order valence-corrected chi connectivity index (χ0v) is 19.5. The summed E-state index contributed by atoms with van der Waals surface area (Å²) in [5.41, 5.74) is 1.30. The highest BCUT2D eigenvalue weighted by Gasteiger charge is 2.34. The average Bonchev–Trinajstić information content (AvgIpc) is 3.56. The third-order valence-corrected chi connectivity index (χ3v) is 8.66. The molecule has 0 aliphatic carbocycles. The first-order valence-electron chi connectivity index (χ1n) is 11.3. The maximum atomic E-state index is 13.4. The molecular weight excluding hydrogens is 428 g/mol. The summed E-state index contributed by atoms with van der Waals surface area (Å²) >= 11 is 3.54. The number of carbonyl (C=O) groups excluding carboxylic acids is 2. The Hall–Kier alpha value is -1.74. The molecule has 0 N–H and O–H groups in total. The predicted octanol–water partition coefficient (Wildman–Crippen LogP) is 2.52. The SMILES string of the molecule is O=C(CN1CCN(CC(=O)N2CCc3sccc3C2c2cccs2)CC1)N1CCCC1. The van der Waals surface area contributed by atoms with Gasteiger partial charge in [-0.3, -0.25) is 19.4 Å². The average molecular weight is 459 g/mol. The first-order chi connectivity index (χ1) is 15.2. The molecule has 2 aromatic rings. The minimum Gasteiger partial charge on any atom is -0.342 e. The third kappa shape index (κ3) is 4.58. The second-order valence-electron chi connectivity index (χ2n) is 8.69. The van der Waals surface area contributed by atoms with Gasteiger partial charge in [-0.05, 0) is 47.7 Å². The van der Waals surface area contributed by atoms with Crippen molar-refractivity contribution in [3.8, 4) is 0 Å². The normalized spacial score (nSPS) is 22.6. The molecule has 3 aliphatic rings. The summed E-state index contributed by atoms with van der Waals surface area (Å²) in [6.45, 7) is 7.02. The molecule has 2 aromatic heterocycles. The fourth-order valence-electron chi connectivity index (χ4n) is 4.98. The quantitative estimate of drug-likeness (QED) is 0.691. The van der Waals surface area contributed by atoms with E-state index in [1.54, 1.807) is 11.3 Å². The molecule has 8 heteroatoms. The summed E-state index contributed by atoms with van der Waals surface area (Å²) in [4.78, 5) is 37.0. The number of amides is 2. The van der Waals surface area contributed by atoms with Crippen LogP contribution in [-0.2, 0) is 16.0 Å². The van der Waals surface area contributed by atoms with Crippen LogP contribution in [0.25, 0.3) is 0 Å². The summed E-state index contributed by atoms with van der Waals surface area (Å²) < 4.78 is 0. The Labute approximate surface area is 192 Å². The monoisotopic (exact) mass is 458 g/mol. The second kappa shape index (κ2) is 9.40. The van der Waals surface area contributed by atoms with Crippen LogP contribution in [0.3, 0.4) is 0 Å². The van der Waals surface area contributed by atoms with E-state index >= 15 is 0 Å². The molecule has 2 amide bonds.